The minimum atomic E-state index is -0.214. The normalized spacial score (nSPS) is 13.5. The topological polar surface area (TPSA) is 20.3 Å². The largest absolute Gasteiger partial charge is 0.310 e. The number of para-hydroxylation sites is 1. The maximum Gasteiger partial charge on any atom is 0.160 e. The highest BCUT2D eigenvalue weighted by atomic mass is 79.9. The maximum atomic E-state index is 12.5. The molecule has 0 aromatic heterocycles. The van der Waals surface area contributed by atoms with Gasteiger partial charge in [-0.3, -0.25) is 4.79 Å². The summed E-state index contributed by atoms with van der Waals surface area (Å²) in [6.45, 7) is 6.21. The van der Waals surface area contributed by atoms with Gasteiger partial charge in [-0.2, -0.15) is 0 Å². The summed E-state index contributed by atoms with van der Waals surface area (Å²) in [5.41, 5.74) is 10.9. The number of carbonyl (C=O) groups excluding carboxylic acids is 1. The van der Waals surface area contributed by atoms with E-state index in [-0.39, 0.29) is 11.2 Å². The van der Waals surface area contributed by atoms with Gasteiger partial charge in [0, 0.05) is 21.1 Å². The number of ketones is 1. The lowest BCUT2D eigenvalue weighted by Gasteiger charge is -2.42. The van der Waals surface area contributed by atoms with E-state index in [1.807, 2.05) is 24.3 Å². The van der Waals surface area contributed by atoms with Gasteiger partial charge in [-0.25, -0.2) is 0 Å². The highest BCUT2D eigenvalue weighted by molar-refractivity contribution is 9.10. The van der Waals surface area contributed by atoms with Crippen molar-refractivity contribution in [1.29, 1.82) is 0 Å². The van der Waals surface area contributed by atoms with E-state index in [0.29, 0.717) is 0 Å². The molecule has 2 nitrogen and oxygen atoms in total. The van der Waals surface area contributed by atoms with Crippen LogP contribution in [0.5, 0.6) is 0 Å². The molecule has 5 aromatic rings. The third-order valence-corrected chi connectivity index (χ3v) is 8.13. The molecular formula is C35H28BrNO. The Kier molecular flexibility index (Phi) is 6.04. The molecule has 0 saturated carbocycles. The smallest absolute Gasteiger partial charge is 0.160 e. The van der Waals surface area contributed by atoms with Gasteiger partial charge < -0.3 is 4.90 Å². The zero-order valence-corrected chi connectivity index (χ0v) is 23.3. The minimum absolute atomic E-state index is 0.0590. The molecule has 186 valence electrons. The van der Waals surface area contributed by atoms with Crippen molar-refractivity contribution < 1.29 is 4.79 Å². The average molecular weight is 559 g/mol. The Morgan fingerprint density at radius 2 is 1.29 bits per heavy atom. The molecule has 0 bridgehead atoms. The number of hydrogen-bond donors (Lipinski definition) is 0. The van der Waals surface area contributed by atoms with Crippen molar-refractivity contribution in [3.05, 3.63) is 136 Å². The molecule has 0 N–H and O–H groups in total. The van der Waals surface area contributed by atoms with Gasteiger partial charge in [0.2, 0.25) is 0 Å². The molecule has 1 aliphatic rings. The number of Topliss-reactive ketones (excluding diaryl/α,β-unsaturated/α-hetero) is 1. The van der Waals surface area contributed by atoms with Gasteiger partial charge in [-0.1, -0.05) is 103 Å². The summed E-state index contributed by atoms with van der Waals surface area (Å²) in [6, 6.07) is 40.5. The first kappa shape index (κ1) is 24.4. The second kappa shape index (κ2) is 9.41. The second-order valence-corrected chi connectivity index (χ2v) is 11.3. The third kappa shape index (κ3) is 4.08. The Hall–Kier alpha value is -3.95. The molecule has 1 heterocycles. The lowest BCUT2D eigenvalue weighted by atomic mass is 9.72. The van der Waals surface area contributed by atoms with Gasteiger partial charge >= 0.3 is 0 Å². The van der Waals surface area contributed by atoms with Crippen molar-refractivity contribution in [3.63, 3.8) is 0 Å². The predicted molar refractivity (Wildman–Crippen MR) is 162 cm³/mol. The zero-order valence-electron chi connectivity index (χ0n) is 21.7. The van der Waals surface area contributed by atoms with Crippen LogP contribution < -0.4 is 4.90 Å². The van der Waals surface area contributed by atoms with Crippen LogP contribution in [0.25, 0.3) is 22.3 Å². The highest BCUT2D eigenvalue weighted by Gasteiger charge is 2.37. The summed E-state index contributed by atoms with van der Waals surface area (Å²) in [5.74, 6) is 0.0590. The van der Waals surface area contributed by atoms with Crippen LogP contribution in [-0.2, 0) is 5.41 Å². The number of anilines is 3. The molecule has 1 aliphatic heterocycles. The van der Waals surface area contributed by atoms with Crippen molar-refractivity contribution in [3.8, 4) is 22.3 Å². The molecular weight excluding hydrogens is 530 g/mol. The van der Waals surface area contributed by atoms with Crippen LogP contribution in [-0.4, -0.2) is 5.78 Å². The molecule has 3 heteroatoms. The molecule has 5 aromatic carbocycles. The van der Waals surface area contributed by atoms with Gasteiger partial charge in [0.05, 0.1) is 11.4 Å². The highest BCUT2D eigenvalue weighted by Crippen LogP contribution is 2.52. The molecule has 0 unspecified atom stereocenters. The van der Waals surface area contributed by atoms with Gasteiger partial charge in [-0.05, 0) is 82.8 Å². The fourth-order valence-electron chi connectivity index (χ4n) is 5.64. The van der Waals surface area contributed by atoms with E-state index < -0.39 is 0 Å². The summed E-state index contributed by atoms with van der Waals surface area (Å²) in [4.78, 5) is 14.9. The summed E-state index contributed by atoms with van der Waals surface area (Å²) in [5, 5.41) is 0. The van der Waals surface area contributed by atoms with Crippen LogP contribution in [0.3, 0.4) is 0 Å². The van der Waals surface area contributed by atoms with Crippen LogP contribution in [0.1, 0.15) is 42.3 Å². The Balaban J connectivity index is 1.52. The van der Waals surface area contributed by atoms with Crippen LogP contribution >= 0.6 is 15.9 Å². The molecule has 38 heavy (non-hydrogen) atoms. The Morgan fingerprint density at radius 3 is 2.03 bits per heavy atom. The van der Waals surface area contributed by atoms with E-state index in [1.165, 1.54) is 27.9 Å². The number of nitrogens with zero attached hydrogens (tertiary/aromatic N) is 1. The lowest BCUT2D eigenvalue weighted by Crippen LogP contribution is -2.30. The molecule has 0 saturated heterocycles. The van der Waals surface area contributed by atoms with Crippen LogP contribution in [0.15, 0.2) is 120 Å². The van der Waals surface area contributed by atoms with E-state index in [9.17, 15) is 4.79 Å². The number of rotatable bonds is 4. The second-order valence-electron chi connectivity index (χ2n) is 10.4. The fraction of sp³-hybridized carbons (Fsp3) is 0.114. The van der Waals surface area contributed by atoms with Crippen molar-refractivity contribution in [2.45, 2.75) is 26.2 Å². The monoisotopic (exact) mass is 557 g/mol. The standard InChI is InChI=1S/C35H28BrNO/c1-23(38)30-22-27(36)16-19-29(30)26-15-20-34-32(21-26)35(2,3)31-11-7-8-12-33(31)37(34)28-17-13-25(14-18-28)24-9-5-4-6-10-24/h4-22H,1-3H3. The molecule has 0 spiro atoms. The number of carbonyl (C=O) groups is 1. The zero-order chi connectivity index (χ0) is 26.4. The van der Waals surface area contributed by atoms with E-state index in [4.69, 9.17) is 0 Å². The third-order valence-electron chi connectivity index (χ3n) is 7.63. The quantitative estimate of drug-likeness (QED) is 0.205. The number of hydrogen-bond acceptors (Lipinski definition) is 2. The van der Waals surface area contributed by atoms with Crippen LogP contribution in [0, 0.1) is 0 Å². The van der Waals surface area contributed by atoms with Crippen molar-refractivity contribution in [2.24, 2.45) is 0 Å². The van der Waals surface area contributed by atoms with Crippen LogP contribution in [0.2, 0.25) is 0 Å². The van der Waals surface area contributed by atoms with Crippen molar-refractivity contribution in [1.82, 2.24) is 0 Å². The van der Waals surface area contributed by atoms with E-state index in [1.54, 1.807) is 6.92 Å². The first-order chi connectivity index (χ1) is 18.3. The lowest BCUT2D eigenvalue weighted by molar-refractivity contribution is 0.101. The van der Waals surface area contributed by atoms with E-state index in [0.717, 1.165) is 32.5 Å². The molecule has 0 atom stereocenters. The average Bonchev–Trinajstić information content (AvgIpc) is 2.94. The molecule has 0 radical (unpaired) electrons. The summed E-state index contributed by atoms with van der Waals surface area (Å²) < 4.78 is 0.906. The molecule has 0 fully saturated rings. The van der Waals surface area contributed by atoms with E-state index in [2.05, 4.69) is 126 Å². The fourth-order valence-corrected chi connectivity index (χ4v) is 6.00. The first-order valence-electron chi connectivity index (χ1n) is 12.8. The Bertz CT molecular complexity index is 1670. The van der Waals surface area contributed by atoms with Crippen LogP contribution in [0.4, 0.5) is 17.1 Å². The van der Waals surface area contributed by atoms with Gasteiger partial charge in [0.25, 0.3) is 0 Å². The predicted octanol–water partition coefficient (Wildman–Crippen LogP) is 10.1. The summed E-state index contributed by atoms with van der Waals surface area (Å²) in [6.07, 6.45) is 0. The summed E-state index contributed by atoms with van der Waals surface area (Å²) in [7, 11) is 0. The van der Waals surface area contributed by atoms with E-state index >= 15 is 0 Å². The molecule has 0 aliphatic carbocycles. The van der Waals surface area contributed by atoms with Gasteiger partial charge in [0.15, 0.2) is 5.78 Å². The number of benzene rings is 5. The molecule has 0 amide bonds. The number of halogens is 1. The Morgan fingerprint density at radius 1 is 0.658 bits per heavy atom. The Labute approximate surface area is 232 Å². The van der Waals surface area contributed by atoms with Crippen molar-refractivity contribution >= 4 is 38.8 Å². The maximum absolute atomic E-state index is 12.5. The minimum Gasteiger partial charge on any atom is -0.310 e. The number of fused-ring (bicyclic) bond motifs is 2. The first-order valence-corrected chi connectivity index (χ1v) is 13.6. The molecule has 6 rings (SSSR count). The summed E-state index contributed by atoms with van der Waals surface area (Å²) >= 11 is 3.53. The van der Waals surface area contributed by atoms with Gasteiger partial charge in [0.1, 0.15) is 0 Å². The van der Waals surface area contributed by atoms with Gasteiger partial charge in [-0.15, -0.1) is 0 Å². The van der Waals surface area contributed by atoms with Crippen molar-refractivity contribution in [2.75, 3.05) is 4.90 Å². The SMILES string of the molecule is CC(=O)c1cc(Br)ccc1-c1ccc2c(c1)C(C)(C)c1ccccc1N2c1ccc(-c2ccccc2)cc1.